The number of nitrogens with one attached hydrogen (secondary N) is 2. The molecule has 0 saturated carbocycles. The van der Waals surface area contributed by atoms with Gasteiger partial charge in [-0.05, 0) is 66.7 Å². The van der Waals surface area contributed by atoms with E-state index in [2.05, 4.69) is 10.6 Å². The minimum Gasteiger partial charge on any atom is -0.497 e. The van der Waals surface area contributed by atoms with Gasteiger partial charge in [0.15, 0.2) is 11.6 Å². The molecule has 0 aliphatic rings. The highest BCUT2D eigenvalue weighted by molar-refractivity contribution is 6.05. The van der Waals surface area contributed by atoms with E-state index >= 15 is 0 Å². The first-order valence-electron chi connectivity index (χ1n) is 9.92. The van der Waals surface area contributed by atoms with Crippen LogP contribution in [0.1, 0.15) is 20.7 Å². The highest BCUT2D eigenvalue weighted by atomic mass is 16.5. The Kier molecular flexibility index (Phi) is 7.81. The van der Waals surface area contributed by atoms with E-state index in [1.54, 1.807) is 75.2 Å². The molecule has 0 bridgehead atoms. The third-order valence-corrected chi connectivity index (χ3v) is 4.58. The Morgan fingerprint density at radius 1 is 0.656 bits per heavy atom. The van der Waals surface area contributed by atoms with E-state index in [1.807, 2.05) is 24.3 Å². The standard InChI is InChI=1S/C26H24N2O4/c1-31-23-10-6-19(7-11-23)25(29)14-16-27-21-4-3-5-22(18-21)28-17-15-26(30)20-8-12-24(32-2)13-9-20/h3-18,27-28H,1-2H3. The molecule has 6 nitrogen and oxygen atoms in total. The van der Waals surface area contributed by atoms with E-state index < -0.39 is 0 Å². The lowest BCUT2D eigenvalue weighted by atomic mass is 10.1. The van der Waals surface area contributed by atoms with Gasteiger partial charge in [-0.15, -0.1) is 0 Å². The molecule has 0 amide bonds. The minimum atomic E-state index is -0.116. The van der Waals surface area contributed by atoms with Crippen molar-refractivity contribution in [2.75, 3.05) is 24.9 Å². The predicted octanol–water partition coefficient (Wildman–Crippen LogP) is 5.32. The SMILES string of the molecule is COc1ccc(C(=O)C=CNc2cccc(NC=CC(=O)c3ccc(OC)cc3)c2)cc1. The average molecular weight is 428 g/mol. The number of benzene rings is 3. The van der Waals surface area contributed by atoms with E-state index in [9.17, 15) is 9.59 Å². The Hall–Kier alpha value is -4.32. The zero-order valence-electron chi connectivity index (χ0n) is 17.9. The van der Waals surface area contributed by atoms with Crippen molar-refractivity contribution >= 4 is 22.9 Å². The van der Waals surface area contributed by atoms with Crippen LogP contribution in [0.25, 0.3) is 0 Å². The molecule has 0 spiro atoms. The number of carbonyl (C=O) groups is 2. The van der Waals surface area contributed by atoms with Gasteiger partial charge in [0.2, 0.25) is 0 Å². The fraction of sp³-hybridized carbons (Fsp3) is 0.0769. The van der Waals surface area contributed by atoms with Gasteiger partial charge in [0.1, 0.15) is 11.5 Å². The second-order valence-electron chi connectivity index (χ2n) is 6.72. The molecule has 0 radical (unpaired) electrons. The smallest absolute Gasteiger partial charge is 0.187 e. The lowest BCUT2D eigenvalue weighted by Crippen LogP contribution is -1.98. The van der Waals surface area contributed by atoms with E-state index in [4.69, 9.17) is 9.47 Å². The molecule has 162 valence electrons. The summed E-state index contributed by atoms with van der Waals surface area (Å²) >= 11 is 0. The molecule has 3 rings (SSSR count). The van der Waals surface area contributed by atoms with Gasteiger partial charge in [-0.3, -0.25) is 9.59 Å². The summed E-state index contributed by atoms with van der Waals surface area (Å²) in [4.78, 5) is 24.5. The normalized spacial score (nSPS) is 10.8. The van der Waals surface area contributed by atoms with Crippen LogP contribution >= 0.6 is 0 Å². The van der Waals surface area contributed by atoms with E-state index in [-0.39, 0.29) is 11.6 Å². The minimum absolute atomic E-state index is 0.116. The largest absolute Gasteiger partial charge is 0.497 e. The average Bonchev–Trinajstić information content (AvgIpc) is 2.84. The first-order valence-corrected chi connectivity index (χ1v) is 9.92. The molecular formula is C26H24N2O4. The monoisotopic (exact) mass is 428 g/mol. The Morgan fingerprint density at radius 3 is 1.44 bits per heavy atom. The molecule has 0 heterocycles. The number of carbonyl (C=O) groups excluding carboxylic acids is 2. The van der Waals surface area contributed by atoms with Crippen LogP contribution < -0.4 is 20.1 Å². The quantitative estimate of drug-likeness (QED) is 0.336. The molecule has 3 aromatic rings. The highest BCUT2D eigenvalue weighted by Gasteiger charge is 2.03. The third-order valence-electron chi connectivity index (χ3n) is 4.58. The maximum atomic E-state index is 12.2. The number of ether oxygens (including phenoxy) is 2. The molecule has 0 fully saturated rings. The topological polar surface area (TPSA) is 76.7 Å². The fourth-order valence-corrected chi connectivity index (χ4v) is 2.83. The molecule has 0 unspecified atom stereocenters. The van der Waals surface area contributed by atoms with Crippen molar-refractivity contribution in [3.05, 3.63) is 108 Å². The molecule has 0 atom stereocenters. The number of anilines is 2. The number of methoxy groups -OCH3 is 2. The molecule has 2 N–H and O–H groups in total. The highest BCUT2D eigenvalue weighted by Crippen LogP contribution is 2.16. The van der Waals surface area contributed by atoms with Crippen LogP contribution in [-0.4, -0.2) is 25.8 Å². The number of allylic oxidation sites excluding steroid dienone is 2. The maximum absolute atomic E-state index is 12.2. The van der Waals surface area contributed by atoms with E-state index in [1.165, 1.54) is 12.2 Å². The van der Waals surface area contributed by atoms with Crippen molar-refractivity contribution in [1.82, 2.24) is 0 Å². The van der Waals surface area contributed by atoms with Crippen molar-refractivity contribution in [3.63, 3.8) is 0 Å². The van der Waals surface area contributed by atoms with Gasteiger partial charge in [0, 0.05) is 47.1 Å². The molecule has 0 saturated heterocycles. The van der Waals surface area contributed by atoms with Crippen molar-refractivity contribution in [3.8, 4) is 11.5 Å². The lowest BCUT2D eigenvalue weighted by molar-refractivity contribution is 0.103. The summed E-state index contributed by atoms with van der Waals surface area (Å²) in [5.41, 5.74) is 2.74. The number of hydrogen-bond acceptors (Lipinski definition) is 6. The zero-order chi connectivity index (χ0) is 22.8. The molecule has 6 heteroatoms. The van der Waals surface area contributed by atoms with Crippen LogP contribution in [0.5, 0.6) is 11.5 Å². The Bertz CT molecular complexity index is 1030. The van der Waals surface area contributed by atoms with Gasteiger partial charge < -0.3 is 20.1 Å². The Morgan fingerprint density at radius 2 is 1.06 bits per heavy atom. The van der Waals surface area contributed by atoms with Crippen molar-refractivity contribution in [2.24, 2.45) is 0 Å². The summed E-state index contributed by atoms with van der Waals surface area (Å²) in [5, 5.41) is 6.15. The van der Waals surface area contributed by atoms with Crippen molar-refractivity contribution in [1.29, 1.82) is 0 Å². The third kappa shape index (κ3) is 6.34. The van der Waals surface area contributed by atoms with Crippen molar-refractivity contribution in [2.45, 2.75) is 0 Å². The number of ketones is 2. The van der Waals surface area contributed by atoms with Crippen LogP contribution in [-0.2, 0) is 0 Å². The molecular weight excluding hydrogens is 404 g/mol. The Labute approximate surface area is 187 Å². The predicted molar refractivity (Wildman–Crippen MR) is 127 cm³/mol. The first kappa shape index (κ1) is 22.4. The summed E-state index contributed by atoms with van der Waals surface area (Å²) in [7, 11) is 3.16. The molecule has 0 aromatic heterocycles. The van der Waals surface area contributed by atoms with Gasteiger partial charge in [-0.25, -0.2) is 0 Å². The van der Waals surface area contributed by atoms with Crippen LogP contribution in [0.15, 0.2) is 97.3 Å². The summed E-state index contributed by atoms with van der Waals surface area (Å²) in [6.07, 6.45) is 6.12. The molecule has 32 heavy (non-hydrogen) atoms. The van der Waals surface area contributed by atoms with Crippen LogP contribution in [0.2, 0.25) is 0 Å². The first-order chi connectivity index (χ1) is 15.6. The van der Waals surface area contributed by atoms with Crippen LogP contribution in [0.4, 0.5) is 11.4 Å². The second-order valence-corrected chi connectivity index (χ2v) is 6.72. The Balaban J connectivity index is 1.54. The summed E-state index contributed by atoms with van der Waals surface area (Å²) in [6.45, 7) is 0. The second kappa shape index (κ2) is 11.2. The van der Waals surface area contributed by atoms with Gasteiger partial charge >= 0.3 is 0 Å². The van der Waals surface area contributed by atoms with Gasteiger partial charge in [-0.1, -0.05) is 6.07 Å². The lowest BCUT2D eigenvalue weighted by Gasteiger charge is -2.05. The summed E-state index contributed by atoms with van der Waals surface area (Å²) < 4.78 is 10.2. The van der Waals surface area contributed by atoms with Gasteiger partial charge in [0.05, 0.1) is 14.2 Å². The van der Waals surface area contributed by atoms with Gasteiger partial charge in [-0.2, -0.15) is 0 Å². The summed E-state index contributed by atoms with van der Waals surface area (Å²) in [5.74, 6) is 1.17. The summed E-state index contributed by atoms with van der Waals surface area (Å²) in [6, 6.07) is 21.3. The zero-order valence-corrected chi connectivity index (χ0v) is 17.9. The van der Waals surface area contributed by atoms with E-state index in [0.29, 0.717) is 22.6 Å². The molecule has 0 aliphatic carbocycles. The van der Waals surface area contributed by atoms with Gasteiger partial charge in [0.25, 0.3) is 0 Å². The van der Waals surface area contributed by atoms with Crippen molar-refractivity contribution < 1.29 is 19.1 Å². The van der Waals surface area contributed by atoms with E-state index in [0.717, 1.165) is 11.4 Å². The van der Waals surface area contributed by atoms with Crippen LogP contribution in [0, 0.1) is 0 Å². The number of hydrogen-bond donors (Lipinski definition) is 2. The number of rotatable bonds is 10. The fourth-order valence-electron chi connectivity index (χ4n) is 2.83. The molecule has 3 aromatic carbocycles. The van der Waals surface area contributed by atoms with Crippen LogP contribution in [0.3, 0.4) is 0 Å². The molecule has 0 aliphatic heterocycles. The maximum Gasteiger partial charge on any atom is 0.187 e.